The van der Waals surface area contributed by atoms with Crippen molar-refractivity contribution in [1.29, 1.82) is 0 Å². The van der Waals surface area contributed by atoms with Gasteiger partial charge in [0.15, 0.2) is 5.58 Å². The maximum absolute atomic E-state index is 5.87. The Kier molecular flexibility index (Phi) is 2.58. The summed E-state index contributed by atoms with van der Waals surface area (Å²) in [5.41, 5.74) is 8.92. The molecule has 0 spiro atoms. The molecule has 2 heterocycles. The summed E-state index contributed by atoms with van der Waals surface area (Å²) in [4.78, 5) is 4.00. The molecule has 3 aromatic rings. The van der Waals surface area contributed by atoms with Gasteiger partial charge in [-0.25, -0.2) is 0 Å². The van der Waals surface area contributed by atoms with Gasteiger partial charge in [0.25, 0.3) is 0 Å². The van der Waals surface area contributed by atoms with Crippen molar-refractivity contribution in [2.45, 2.75) is 0 Å². The van der Waals surface area contributed by atoms with Gasteiger partial charge in [0.1, 0.15) is 5.69 Å². The van der Waals surface area contributed by atoms with Crippen LogP contribution in [0.25, 0.3) is 11.0 Å². The number of fused-ring (bicyclic) bond motifs is 1. The second kappa shape index (κ2) is 4.39. The van der Waals surface area contributed by atoms with Gasteiger partial charge < -0.3 is 15.5 Å². The molecule has 0 unspecified atom stereocenters. The van der Waals surface area contributed by atoms with Crippen LogP contribution < -0.4 is 11.1 Å². The molecule has 0 bridgehead atoms. The summed E-state index contributed by atoms with van der Waals surface area (Å²) < 4.78 is 5.44. The molecule has 0 aliphatic carbocycles. The number of hydrogen-bond donors (Lipinski definition) is 2. The van der Waals surface area contributed by atoms with Gasteiger partial charge in [-0.3, -0.25) is 4.98 Å². The van der Waals surface area contributed by atoms with Crippen molar-refractivity contribution in [2.75, 3.05) is 11.1 Å². The van der Waals surface area contributed by atoms with Gasteiger partial charge in [0, 0.05) is 22.8 Å². The summed E-state index contributed by atoms with van der Waals surface area (Å²) in [7, 11) is 0. The van der Waals surface area contributed by atoms with Crippen molar-refractivity contribution in [3.8, 4) is 12.3 Å². The van der Waals surface area contributed by atoms with E-state index in [4.69, 9.17) is 16.6 Å². The van der Waals surface area contributed by atoms with Crippen molar-refractivity contribution in [2.24, 2.45) is 0 Å². The number of terminal acetylenes is 1. The Morgan fingerprint density at radius 1 is 1.32 bits per heavy atom. The average molecular weight is 249 g/mol. The molecule has 0 aliphatic heterocycles. The lowest BCUT2D eigenvalue weighted by atomic mass is 10.2. The SMILES string of the molecule is C#Cc1cccc(Nc2c(N)oc3cnccc23)c1. The maximum atomic E-state index is 5.87. The number of furan rings is 1. The first-order valence-electron chi connectivity index (χ1n) is 5.73. The van der Waals surface area contributed by atoms with Crippen molar-refractivity contribution in [1.82, 2.24) is 4.98 Å². The molecule has 1 aromatic carbocycles. The third-order valence-electron chi connectivity index (χ3n) is 2.82. The van der Waals surface area contributed by atoms with E-state index < -0.39 is 0 Å². The lowest BCUT2D eigenvalue weighted by Gasteiger charge is -2.05. The second-order valence-corrected chi connectivity index (χ2v) is 4.06. The summed E-state index contributed by atoms with van der Waals surface area (Å²) in [5, 5.41) is 4.12. The third kappa shape index (κ3) is 1.98. The molecular formula is C15H11N3O. The fourth-order valence-corrected chi connectivity index (χ4v) is 1.93. The highest BCUT2D eigenvalue weighted by atomic mass is 16.3. The number of nitrogens with one attached hydrogen (secondary N) is 1. The highest BCUT2D eigenvalue weighted by molar-refractivity contribution is 5.97. The molecule has 19 heavy (non-hydrogen) atoms. The molecule has 0 atom stereocenters. The monoisotopic (exact) mass is 249 g/mol. The topological polar surface area (TPSA) is 64.1 Å². The van der Waals surface area contributed by atoms with Gasteiger partial charge in [0.05, 0.1) is 6.20 Å². The molecule has 0 fully saturated rings. The quantitative estimate of drug-likeness (QED) is 0.685. The van der Waals surface area contributed by atoms with E-state index in [0.717, 1.165) is 22.3 Å². The predicted octanol–water partition coefficient (Wildman–Crippen LogP) is 3.13. The highest BCUT2D eigenvalue weighted by Gasteiger charge is 2.11. The molecule has 3 N–H and O–H groups in total. The van der Waals surface area contributed by atoms with Gasteiger partial charge >= 0.3 is 0 Å². The molecule has 0 amide bonds. The molecule has 92 valence electrons. The van der Waals surface area contributed by atoms with Crippen LogP contribution in [0.15, 0.2) is 47.1 Å². The van der Waals surface area contributed by atoms with E-state index in [-0.39, 0.29) is 0 Å². The van der Waals surface area contributed by atoms with Gasteiger partial charge in [-0.05, 0) is 24.3 Å². The van der Waals surface area contributed by atoms with E-state index in [1.807, 2.05) is 30.3 Å². The smallest absolute Gasteiger partial charge is 0.215 e. The van der Waals surface area contributed by atoms with E-state index in [0.29, 0.717) is 11.5 Å². The van der Waals surface area contributed by atoms with Gasteiger partial charge in [-0.2, -0.15) is 0 Å². The van der Waals surface area contributed by atoms with E-state index in [1.165, 1.54) is 0 Å². The van der Waals surface area contributed by atoms with Crippen LogP contribution >= 0.6 is 0 Å². The normalized spacial score (nSPS) is 10.3. The fourth-order valence-electron chi connectivity index (χ4n) is 1.93. The van der Waals surface area contributed by atoms with E-state index in [2.05, 4.69) is 16.2 Å². The van der Waals surface area contributed by atoms with Gasteiger partial charge in [-0.15, -0.1) is 6.42 Å². The zero-order chi connectivity index (χ0) is 13.2. The Labute approximate surface area is 110 Å². The standard InChI is InChI=1S/C15H11N3O/c1-2-10-4-3-5-11(8-10)18-14-12-6-7-17-9-13(12)19-15(14)16/h1,3-9,18H,16H2. The Balaban J connectivity index is 2.06. The number of pyridine rings is 1. The maximum Gasteiger partial charge on any atom is 0.215 e. The number of anilines is 3. The lowest BCUT2D eigenvalue weighted by molar-refractivity contribution is 0.636. The van der Waals surface area contributed by atoms with Crippen LogP contribution in [-0.4, -0.2) is 4.98 Å². The molecule has 0 saturated carbocycles. The van der Waals surface area contributed by atoms with Gasteiger partial charge in [-0.1, -0.05) is 12.0 Å². The summed E-state index contributed by atoms with van der Waals surface area (Å²) in [6, 6.07) is 9.39. The molecular weight excluding hydrogens is 238 g/mol. The lowest BCUT2D eigenvalue weighted by Crippen LogP contribution is -1.93. The molecule has 0 aliphatic rings. The highest BCUT2D eigenvalue weighted by Crippen LogP contribution is 2.34. The van der Waals surface area contributed by atoms with Crippen molar-refractivity contribution in [3.05, 3.63) is 48.3 Å². The zero-order valence-corrected chi connectivity index (χ0v) is 10.1. The number of aromatic nitrogens is 1. The Hall–Kier alpha value is -2.93. The van der Waals surface area contributed by atoms with Crippen molar-refractivity contribution >= 4 is 28.2 Å². The second-order valence-electron chi connectivity index (χ2n) is 4.06. The molecule has 4 heteroatoms. The molecule has 0 saturated heterocycles. The molecule has 3 rings (SSSR count). The van der Waals surface area contributed by atoms with Crippen LogP contribution in [-0.2, 0) is 0 Å². The first-order valence-corrected chi connectivity index (χ1v) is 5.73. The minimum absolute atomic E-state index is 0.328. The Morgan fingerprint density at radius 2 is 2.21 bits per heavy atom. The Morgan fingerprint density at radius 3 is 3.05 bits per heavy atom. The minimum atomic E-state index is 0.328. The van der Waals surface area contributed by atoms with Crippen LogP contribution in [0.3, 0.4) is 0 Å². The number of hydrogen-bond acceptors (Lipinski definition) is 4. The third-order valence-corrected chi connectivity index (χ3v) is 2.82. The summed E-state index contributed by atoms with van der Waals surface area (Å²) in [6.45, 7) is 0. The number of nitrogens with two attached hydrogens (primary N) is 1. The van der Waals surface area contributed by atoms with Crippen molar-refractivity contribution < 1.29 is 4.42 Å². The Bertz CT molecular complexity index is 783. The van der Waals surface area contributed by atoms with Crippen molar-refractivity contribution in [3.63, 3.8) is 0 Å². The largest absolute Gasteiger partial charge is 0.437 e. The number of rotatable bonds is 2. The minimum Gasteiger partial charge on any atom is -0.437 e. The molecule has 0 radical (unpaired) electrons. The first kappa shape index (κ1) is 11.2. The summed E-state index contributed by atoms with van der Waals surface area (Å²) >= 11 is 0. The number of benzene rings is 1. The van der Waals surface area contributed by atoms with Crippen LogP contribution in [0.1, 0.15) is 5.56 Å². The fraction of sp³-hybridized carbons (Fsp3) is 0. The summed E-state index contributed by atoms with van der Waals surface area (Å²) in [5.74, 6) is 2.92. The number of nitrogens with zero attached hydrogens (tertiary/aromatic N) is 1. The predicted molar refractivity (Wildman–Crippen MR) is 76.1 cm³/mol. The molecule has 4 nitrogen and oxygen atoms in total. The van der Waals surface area contributed by atoms with E-state index in [1.54, 1.807) is 12.4 Å². The van der Waals surface area contributed by atoms with E-state index >= 15 is 0 Å². The van der Waals surface area contributed by atoms with Crippen LogP contribution in [0.5, 0.6) is 0 Å². The molecule has 2 aromatic heterocycles. The average Bonchev–Trinajstić information content (AvgIpc) is 2.76. The first-order chi connectivity index (χ1) is 9.28. The van der Waals surface area contributed by atoms with Crippen LogP contribution in [0.4, 0.5) is 17.3 Å². The van der Waals surface area contributed by atoms with Crippen LogP contribution in [0, 0.1) is 12.3 Å². The summed E-state index contributed by atoms with van der Waals surface area (Å²) in [6.07, 6.45) is 8.71. The van der Waals surface area contributed by atoms with Gasteiger partial charge in [0.2, 0.25) is 5.88 Å². The van der Waals surface area contributed by atoms with Crippen LogP contribution in [0.2, 0.25) is 0 Å². The van der Waals surface area contributed by atoms with E-state index in [9.17, 15) is 0 Å². The zero-order valence-electron chi connectivity index (χ0n) is 10.1. The number of nitrogen functional groups attached to an aromatic ring is 1.